The van der Waals surface area contributed by atoms with Gasteiger partial charge in [-0.2, -0.15) is 0 Å². The van der Waals surface area contributed by atoms with Gasteiger partial charge >= 0.3 is 6.03 Å². The molecule has 0 fully saturated rings. The maximum absolute atomic E-state index is 12.5. The Hall–Kier alpha value is -2.91. The van der Waals surface area contributed by atoms with Crippen LogP contribution in [0.1, 0.15) is 17.0 Å². The number of hydrogen-bond acceptors (Lipinski definition) is 5. The summed E-state index contributed by atoms with van der Waals surface area (Å²) >= 11 is 20.3. The summed E-state index contributed by atoms with van der Waals surface area (Å²) in [4.78, 5) is 12.5. The van der Waals surface area contributed by atoms with E-state index in [1.165, 1.54) is 11.8 Å². The molecule has 2 N–H and O–H groups in total. The van der Waals surface area contributed by atoms with Gasteiger partial charge in [-0.25, -0.2) is 4.79 Å². The van der Waals surface area contributed by atoms with E-state index < -0.39 is 6.03 Å². The summed E-state index contributed by atoms with van der Waals surface area (Å²) < 4.78 is 7.13. The molecule has 186 valence electrons. The molecule has 3 aromatic carbocycles. The largest absolute Gasteiger partial charge is 0.497 e. The van der Waals surface area contributed by atoms with Gasteiger partial charge in [-0.05, 0) is 60.5 Å². The Kier molecular flexibility index (Phi) is 8.64. The number of methoxy groups -OCH3 is 1. The second-order valence-corrected chi connectivity index (χ2v) is 9.94. The number of aryl methyl sites for hydroxylation is 1. The predicted octanol–water partition coefficient (Wildman–Crippen LogP) is 7.16. The zero-order valence-corrected chi connectivity index (χ0v) is 22.5. The van der Waals surface area contributed by atoms with E-state index in [4.69, 9.17) is 39.5 Å². The van der Waals surface area contributed by atoms with Crippen LogP contribution in [-0.4, -0.2) is 27.9 Å². The quantitative estimate of drug-likeness (QED) is 0.223. The lowest BCUT2D eigenvalue weighted by atomic mass is 10.2. The summed E-state index contributed by atoms with van der Waals surface area (Å²) in [6, 6.07) is 17.9. The number of amides is 2. The number of ether oxygens (including phenoxy) is 1. The Labute approximate surface area is 228 Å². The molecule has 0 unspecified atom stereocenters. The van der Waals surface area contributed by atoms with E-state index in [9.17, 15) is 4.79 Å². The van der Waals surface area contributed by atoms with Crippen LogP contribution in [0, 0.1) is 6.92 Å². The Morgan fingerprint density at radius 1 is 1.03 bits per heavy atom. The van der Waals surface area contributed by atoms with Gasteiger partial charge in [0.05, 0.1) is 24.4 Å². The average Bonchev–Trinajstić information content (AvgIpc) is 3.26. The van der Waals surface area contributed by atoms with E-state index in [2.05, 4.69) is 20.8 Å². The first-order valence-electron chi connectivity index (χ1n) is 10.8. The molecular formula is C25H22Cl3N5O2S. The second kappa shape index (κ2) is 11.9. The summed E-state index contributed by atoms with van der Waals surface area (Å²) in [7, 11) is 1.63. The van der Waals surface area contributed by atoms with Crippen molar-refractivity contribution in [2.45, 2.75) is 24.4 Å². The molecule has 36 heavy (non-hydrogen) atoms. The number of nitrogens with zero attached hydrogens (tertiary/aromatic N) is 3. The number of thioether (sulfide) groups is 1. The van der Waals surface area contributed by atoms with Crippen LogP contribution in [0.15, 0.2) is 65.8 Å². The summed E-state index contributed by atoms with van der Waals surface area (Å²) in [5.41, 5.74) is 3.23. The minimum Gasteiger partial charge on any atom is -0.497 e. The molecule has 2 amide bonds. The summed E-state index contributed by atoms with van der Waals surface area (Å²) in [6.45, 7) is 2.00. The number of carbonyl (C=O) groups is 1. The summed E-state index contributed by atoms with van der Waals surface area (Å²) in [5.74, 6) is 1.91. The zero-order valence-electron chi connectivity index (χ0n) is 19.4. The van der Waals surface area contributed by atoms with Gasteiger partial charge in [-0.15, -0.1) is 10.2 Å². The smallest absolute Gasteiger partial charge is 0.319 e. The zero-order chi connectivity index (χ0) is 25.7. The topological polar surface area (TPSA) is 81.1 Å². The lowest BCUT2D eigenvalue weighted by Gasteiger charge is -2.13. The maximum atomic E-state index is 12.5. The van der Waals surface area contributed by atoms with Gasteiger partial charge in [-0.1, -0.05) is 64.8 Å². The molecule has 0 aliphatic rings. The lowest BCUT2D eigenvalue weighted by Crippen LogP contribution is -2.29. The van der Waals surface area contributed by atoms with Crippen molar-refractivity contribution in [1.29, 1.82) is 0 Å². The number of urea groups is 1. The fourth-order valence-electron chi connectivity index (χ4n) is 3.33. The van der Waals surface area contributed by atoms with E-state index in [0.29, 0.717) is 43.2 Å². The molecule has 4 aromatic rings. The highest BCUT2D eigenvalue weighted by Crippen LogP contribution is 2.31. The van der Waals surface area contributed by atoms with E-state index in [-0.39, 0.29) is 6.54 Å². The average molecular weight is 563 g/mol. The van der Waals surface area contributed by atoms with Crippen molar-refractivity contribution in [3.05, 3.63) is 92.7 Å². The molecule has 0 aliphatic heterocycles. The number of nitrogens with one attached hydrogen (secondary N) is 2. The first kappa shape index (κ1) is 26.2. The Bertz CT molecular complexity index is 1400. The van der Waals surface area contributed by atoms with Crippen molar-refractivity contribution < 1.29 is 9.53 Å². The van der Waals surface area contributed by atoms with Crippen LogP contribution in [-0.2, 0) is 12.3 Å². The van der Waals surface area contributed by atoms with Crippen molar-refractivity contribution in [1.82, 2.24) is 20.1 Å². The molecule has 0 radical (unpaired) electrons. The van der Waals surface area contributed by atoms with Crippen molar-refractivity contribution in [3.63, 3.8) is 0 Å². The first-order chi connectivity index (χ1) is 17.3. The highest BCUT2D eigenvalue weighted by Gasteiger charge is 2.18. The number of aromatic nitrogens is 3. The highest BCUT2D eigenvalue weighted by molar-refractivity contribution is 7.98. The molecule has 0 atom stereocenters. The number of benzene rings is 3. The normalized spacial score (nSPS) is 10.8. The van der Waals surface area contributed by atoms with Crippen LogP contribution in [0.2, 0.25) is 15.1 Å². The molecule has 0 spiro atoms. The maximum Gasteiger partial charge on any atom is 0.319 e. The number of carbonyl (C=O) groups excluding carboxylic acids is 1. The molecule has 11 heteroatoms. The monoisotopic (exact) mass is 561 g/mol. The Morgan fingerprint density at radius 3 is 2.61 bits per heavy atom. The van der Waals surface area contributed by atoms with Gasteiger partial charge in [0.25, 0.3) is 0 Å². The number of hydrogen-bond donors (Lipinski definition) is 2. The van der Waals surface area contributed by atoms with Crippen LogP contribution < -0.4 is 15.4 Å². The van der Waals surface area contributed by atoms with Crippen LogP contribution in [0.5, 0.6) is 5.75 Å². The predicted molar refractivity (Wildman–Crippen MR) is 146 cm³/mol. The number of anilines is 1. The van der Waals surface area contributed by atoms with E-state index in [0.717, 1.165) is 16.9 Å². The van der Waals surface area contributed by atoms with Crippen LogP contribution in [0.4, 0.5) is 10.5 Å². The van der Waals surface area contributed by atoms with Crippen molar-refractivity contribution >= 4 is 58.3 Å². The minimum atomic E-state index is -0.405. The molecular weight excluding hydrogens is 541 g/mol. The Balaban J connectivity index is 1.54. The molecule has 7 nitrogen and oxygen atoms in total. The molecule has 1 heterocycles. The summed E-state index contributed by atoms with van der Waals surface area (Å²) in [5, 5.41) is 16.4. The van der Waals surface area contributed by atoms with Crippen LogP contribution in [0.3, 0.4) is 0 Å². The molecule has 0 saturated heterocycles. The standard InChI is InChI=1S/C25H22Cl3N5O2S/c1-15-6-8-18(12-20(15)27)30-24(34)29-13-23-31-32-25(33(23)22-9-7-17(26)11-21(22)28)36-14-16-4-3-5-19(10-16)35-2/h3-12H,13-14H2,1-2H3,(H2,29,30,34). The van der Waals surface area contributed by atoms with Crippen molar-refractivity contribution in [2.24, 2.45) is 0 Å². The fraction of sp³-hybridized carbons (Fsp3) is 0.160. The van der Waals surface area contributed by atoms with Crippen LogP contribution >= 0.6 is 46.6 Å². The van der Waals surface area contributed by atoms with E-state index in [1.807, 2.05) is 41.8 Å². The van der Waals surface area contributed by atoms with Gasteiger partial charge in [-0.3, -0.25) is 4.57 Å². The third-order valence-corrected chi connectivity index (χ3v) is 7.13. The summed E-state index contributed by atoms with van der Waals surface area (Å²) in [6.07, 6.45) is 0. The van der Waals surface area contributed by atoms with Gasteiger partial charge in [0.2, 0.25) is 0 Å². The van der Waals surface area contributed by atoms with E-state index in [1.54, 1.807) is 37.4 Å². The molecule has 0 bridgehead atoms. The SMILES string of the molecule is COc1cccc(CSc2nnc(CNC(=O)Nc3ccc(C)c(Cl)c3)n2-c2ccc(Cl)cc2Cl)c1. The van der Waals surface area contributed by atoms with Gasteiger partial charge in [0.15, 0.2) is 11.0 Å². The number of rotatable bonds is 8. The molecule has 0 saturated carbocycles. The highest BCUT2D eigenvalue weighted by atomic mass is 35.5. The van der Waals surface area contributed by atoms with Crippen molar-refractivity contribution in [2.75, 3.05) is 12.4 Å². The second-order valence-electron chi connectivity index (χ2n) is 7.74. The van der Waals surface area contributed by atoms with Crippen LogP contribution in [0.25, 0.3) is 5.69 Å². The van der Waals surface area contributed by atoms with E-state index >= 15 is 0 Å². The fourth-order valence-corrected chi connectivity index (χ4v) is 4.91. The third-order valence-electron chi connectivity index (χ3n) is 5.19. The lowest BCUT2D eigenvalue weighted by molar-refractivity contribution is 0.251. The van der Waals surface area contributed by atoms with Gasteiger partial charge < -0.3 is 15.4 Å². The molecule has 0 aliphatic carbocycles. The molecule has 1 aromatic heterocycles. The molecule has 4 rings (SSSR count). The Morgan fingerprint density at radius 2 is 1.86 bits per heavy atom. The van der Waals surface area contributed by atoms with Crippen molar-refractivity contribution in [3.8, 4) is 11.4 Å². The van der Waals surface area contributed by atoms with Gasteiger partial charge in [0, 0.05) is 21.5 Å². The first-order valence-corrected chi connectivity index (χ1v) is 12.9. The van der Waals surface area contributed by atoms with Gasteiger partial charge in [0.1, 0.15) is 5.75 Å². The number of halogens is 3. The third kappa shape index (κ3) is 6.44. The minimum absolute atomic E-state index is 0.108.